The summed E-state index contributed by atoms with van der Waals surface area (Å²) in [4.78, 5) is 19.7. The fourth-order valence-electron chi connectivity index (χ4n) is 1.62. The van der Waals surface area contributed by atoms with E-state index in [2.05, 4.69) is 25.9 Å². The van der Waals surface area contributed by atoms with Crippen molar-refractivity contribution < 1.29 is 18.0 Å². The molecule has 1 fully saturated rings. The van der Waals surface area contributed by atoms with Crippen LogP contribution < -0.4 is 10.6 Å². The fraction of sp³-hybridized carbons (Fsp3) is 0.444. The molecular formula is C9H8BrF3N4O. The van der Waals surface area contributed by atoms with Crippen molar-refractivity contribution >= 4 is 27.8 Å². The van der Waals surface area contributed by atoms with E-state index in [0.29, 0.717) is 0 Å². The molecule has 1 aromatic heterocycles. The number of amides is 1. The van der Waals surface area contributed by atoms with Crippen molar-refractivity contribution in [1.29, 1.82) is 0 Å². The molecule has 2 N–H and O–H groups in total. The molecule has 1 unspecified atom stereocenters. The van der Waals surface area contributed by atoms with E-state index in [0.717, 1.165) is 11.1 Å². The predicted octanol–water partition coefficient (Wildman–Crippen LogP) is 1.32. The minimum absolute atomic E-state index is 0.0841. The average Bonchev–Trinajstić information content (AvgIpc) is 2.57. The van der Waals surface area contributed by atoms with Crippen LogP contribution in [-0.4, -0.2) is 28.5 Å². The summed E-state index contributed by atoms with van der Waals surface area (Å²) in [5.74, 6) is -0.651. The van der Waals surface area contributed by atoms with Crippen molar-refractivity contribution in [2.75, 3.05) is 11.4 Å². The molecule has 0 spiro atoms. The standard InChI is InChI=1S/C9H8BrF3N4O/c10-5-2-15-8(16-7(5)9(11,12)13)17-3-4(14)1-6(17)18/h2,4H,1,3,14H2. The first-order valence-corrected chi connectivity index (χ1v) is 5.74. The third kappa shape index (κ3) is 2.46. The summed E-state index contributed by atoms with van der Waals surface area (Å²) in [6, 6.07) is -0.404. The molecular weight excluding hydrogens is 317 g/mol. The summed E-state index contributed by atoms with van der Waals surface area (Å²) in [5, 5.41) is 0. The Morgan fingerprint density at radius 1 is 1.50 bits per heavy atom. The molecule has 1 aliphatic rings. The number of anilines is 1. The van der Waals surface area contributed by atoms with Gasteiger partial charge < -0.3 is 5.73 Å². The summed E-state index contributed by atoms with van der Waals surface area (Å²) < 4.78 is 37.7. The smallest absolute Gasteiger partial charge is 0.326 e. The number of nitrogens with zero attached hydrogens (tertiary/aromatic N) is 3. The molecule has 0 saturated carbocycles. The topological polar surface area (TPSA) is 72.1 Å². The van der Waals surface area contributed by atoms with Crippen LogP contribution in [0, 0.1) is 0 Å². The summed E-state index contributed by atoms with van der Waals surface area (Å²) in [6.07, 6.45) is -3.55. The van der Waals surface area contributed by atoms with E-state index in [1.807, 2.05) is 0 Å². The van der Waals surface area contributed by atoms with E-state index in [1.54, 1.807) is 0 Å². The Bertz CT molecular complexity index is 493. The van der Waals surface area contributed by atoms with Crippen LogP contribution in [0.4, 0.5) is 19.1 Å². The van der Waals surface area contributed by atoms with Crippen LogP contribution in [0.25, 0.3) is 0 Å². The summed E-state index contributed by atoms with van der Waals surface area (Å²) in [7, 11) is 0. The molecule has 0 bridgehead atoms. The molecule has 0 aliphatic carbocycles. The van der Waals surface area contributed by atoms with Crippen molar-refractivity contribution in [1.82, 2.24) is 9.97 Å². The number of carbonyl (C=O) groups is 1. The van der Waals surface area contributed by atoms with Gasteiger partial charge in [-0.25, -0.2) is 9.97 Å². The summed E-state index contributed by atoms with van der Waals surface area (Å²) in [6.45, 7) is 0.123. The van der Waals surface area contributed by atoms with Crippen LogP contribution in [0.2, 0.25) is 0 Å². The van der Waals surface area contributed by atoms with Gasteiger partial charge in [0.05, 0.1) is 4.47 Å². The van der Waals surface area contributed by atoms with Crippen molar-refractivity contribution in [2.45, 2.75) is 18.6 Å². The Morgan fingerprint density at radius 2 is 2.17 bits per heavy atom. The number of hydrogen-bond acceptors (Lipinski definition) is 4. The Balaban J connectivity index is 2.39. The second-order valence-corrected chi connectivity index (χ2v) is 4.69. The van der Waals surface area contributed by atoms with Crippen LogP contribution in [0.5, 0.6) is 0 Å². The van der Waals surface area contributed by atoms with Crippen molar-refractivity contribution in [3.8, 4) is 0 Å². The van der Waals surface area contributed by atoms with Gasteiger partial charge in [-0.3, -0.25) is 9.69 Å². The van der Waals surface area contributed by atoms with E-state index in [4.69, 9.17) is 5.73 Å². The molecule has 1 aromatic rings. The summed E-state index contributed by atoms with van der Waals surface area (Å²) in [5.41, 5.74) is 4.45. The SMILES string of the molecule is NC1CC(=O)N(c2ncc(Br)c(C(F)(F)F)n2)C1. The molecule has 1 atom stereocenters. The number of carbonyl (C=O) groups excluding carboxylic acids is 1. The highest BCUT2D eigenvalue weighted by atomic mass is 79.9. The number of aromatic nitrogens is 2. The largest absolute Gasteiger partial charge is 0.434 e. The zero-order chi connectivity index (χ0) is 13.5. The Labute approximate surface area is 108 Å². The van der Waals surface area contributed by atoms with Gasteiger partial charge in [0, 0.05) is 25.2 Å². The Morgan fingerprint density at radius 3 is 2.67 bits per heavy atom. The van der Waals surface area contributed by atoms with Gasteiger partial charge in [0.1, 0.15) is 0 Å². The van der Waals surface area contributed by atoms with Gasteiger partial charge >= 0.3 is 6.18 Å². The van der Waals surface area contributed by atoms with Crippen LogP contribution in [0.15, 0.2) is 10.7 Å². The maximum atomic E-state index is 12.6. The normalized spacial score (nSPS) is 20.6. The van der Waals surface area contributed by atoms with Gasteiger partial charge in [0.25, 0.3) is 0 Å². The molecule has 1 amide bonds. The second-order valence-electron chi connectivity index (χ2n) is 3.83. The van der Waals surface area contributed by atoms with Gasteiger partial charge in [0.15, 0.2) is 5.69 Å². The molecule has 5 nitrogen and oxygen atoms in total. The highest BCUT2D eigenvalue weighted by molar-refractivity contribution is 9.10. The average molecular weight is 325 g/mol. The monoisotopic (exact) mass is 324 g/mol. The highest BCUT2D eigenvalue weighted by Crippen LogP contribution is 2.34. The van der Waals surface area contributed by atoms with Gasteiger partial charge in [-0.2, -0.15) is 13.2 Å². The van der Waals surface area contributed by atoms with Crippen LogP contribution >= 0.6 is 15.9 Å². The first-order valence-electron chi connectivity index (χ1n) is 4.94. The van der Waals surface area contributed by atoms with E-state index in [-0.39, 0.29) is 29.3 Å². The van der Waals surface area contributed by atoms with Crippen LogP contribution in [0.3, 0.4) is 0 Å². The number of nitrogens with two attached hydrogens (primary N) is 1. The van der Waals surface area contributed by atoms with Gasteiger partial charge in [-0.1, -0.05) is 0 Å². The maximum absolute atomic E-state index is 12.6. The Kier molecular flexibility index (Phi) is 3.28. The van der Waals surface area contributed by atoms with E-state index in [9.17, 15) is 18.0 Å². The number of halogens is 4. The lowest BCUT2D eigenvalue weighted by atomic mass is 10.3. The van der Waals surface area contributed by atoms with Crippen molar-refractivity contribution in [3.05, 3.63) is 16.4 Å². The first kappa shape index (κ1) is 13.2. The lowest BCUT2D eigenvalue weighted by Gasteiger charge is -2.16. The van der Waals surface area contributed by atoms with Gasteiger partial charge in [-0.15, -0.1) is 0 Å². The molecule has 1 aliphatic heterocycles. The second kappa shape index (κ2) is 4.47. The molecule has 98 valence electrons. The molecule has 1 saturated heterocycles. The molecule has 9 heteroatoms. The van der Waals surface area contributed by atoms with Gasteiger partial charge in [0.2, 0.25) is 11.9 Å². The van der Waals surface area contributed by atoms with Crippen molar-refractivity contribution in [2.24, 2.45) is 5.73 Å². The van der Waals surface area contributed by atoms with Crippen molar-refractivity contribution in [3.63, 3.8) is 0 Å². The van der Waals surface area contributed by atoms with Crippen LogP contribution in [0.1, 0.15) is 12.1 Å². The molecule has 18 heavy (non-hydrogen) atoms. The predicted molar refractivity (Wildman–Crippen MR) is 59.7 cm³/mol. The third-order valence-electron chi connectivity index (χ3n) is 2.40. The maximum Gasteiger partial charge on any atom is 0.434 e. The van der Waals surface area contributed by atoms with Crippen LogP contribution in [-0.2, 0) is 11.0 Å². The van der Waals surface area contributed by atoms with E-state index in [1.165, 1.54) is 0 Å². The number of alkyl halides is 3. The molecule has 2 rings (SSSR count). The molecule has 0 radical (unpaired) electrons. The first-order chi connectivity index (χ1) is 8.29. The lowest BCUT2D eigenvalue weighted by Crippen LogP contribution is -2.30. The quantitative estimate of drug-likeness (QED) is 0.845. The number of hydrogen-bond donors (Lipinski definition) is 1. The minimum Gasteiger partial charge on any atom is -0.326 e. The Hall–Kier alpha value is -1.22. The molecule has 0 aromatic carbocycles. The zero-order valence-corrected chi connectivity index (χ0v) is 10.5. The number of rotatable bonds is 1. The lowest BCUT2D eigenvalue weighted by molar-refractivity contribution is -0.141. The van der Waals surface area contributed by atoms with Gasteiger partial charge in [-0.05, 0) is 15.9 Å². The van der Waals surface area contributed by atoms with E-state index < -0.39 is 17.9 Å². The fourth-order valence-corrected chi connectivity index (χ4v) is 2.03. The van der Waals surface area contributed by atoms with E-state index >= 15 is 0 Å². The molecule has 2 heterocycles. The minimum atomic E-state index is -4.61. The third-order valence-corrected chi connectivity index (χ3v) is 2.98. The highest BCUT2D eigenvalue weighted by Gasteiger charge is 2.37. The zero-order valence-electron chi connectivity index (χ0n) is 8.91. The summed E-state index contributed by atoms with van der Waals surface area (Å²) >= 11 is 2.73.